The van der Waals surface area contributed by atoms with Crippen molar-refractivity contribution in [3.8, 4) is 5.69 Å². The van der Waals surface area contributed by atoms with Gasteiger partial charge in [0.1, 0.15) is 5.69 Å². The van der Waals surface area contributed by atoms with Gasteiger partial charge in [-0.05, 0) is 12.1 Å². The fraction of sp³-hybridized carbons (Fsp3) is 0.0667. The van der Waals surface area contributed by atoms with Crippen LogP contribution < -0.4 is 5.73 Å². The van der Waals surface area contributed by atoms with Crippen LogP contribution in [0, 0.1) is 0 Å². The van der Waals surface area contributed by atoms with Crippen molar-refractivity contribution in [2.45, 2.75) is 6.18 Å². The fourth-order valence-electron chi connectivity index (χ4n) is 2.02. The summed E-state index contributed by atoms with van der Waals surface area (Å²) in [4.78, 5) is 19.4. The average molecular weight is 333 g/mol. The highest BCUT2D eigenvalue weighted by atomic mass is 19.4. The Kier molecular flexibility index (Phi) is 3.76. The molecule has 0 bridgehead atoms. The number of anilines is 1. The Morgan fingerprint density at radius 3 is 2.33 bits per heavy atom. The van der Waals surface area contributed by atoms with Crippen LogP contribution in [0.3, 0.4) is 0 Å². The maximum Gasteiger partial charge on any atom is 0.453 e. The van der Waals surface area contributed by atoms with E-state index >= 15 is 0 Å². The predicted molar refractivity (Wildman–Crippen MR) is 78.4 cm³/mol. The van der Waals surface area contributed by atoms with E-state index in [1.54, 1.807) is 30.3 Å². The van der Waals surface area contributed by atoms with Crippen LogP contribution in [0.4, 0.5) is 19.1 Å². The molecule has 0 amide bonds. The second-order valence-electron chi connectivity index (χ2n) is 4.80. The molecular weight excluding hydrogens is 323 g/mol. The van der Waals surface area contributed by atoms with Crippen LogP contribution in [0.15, 0.2) is 48.7 Å². The van der Waals surface area contributed by atoms with Crippen LogP contribution in [0.1, 0.15) is 21.9 Å². The van der Waals surface area contributed by atoms with Gasteiger partial charge in [0, 0.05) is 5.56 Å². The highest BCUT2D eigenvalue weighted by Crippen LogP contribution is 2.27. The van der Waals surface area contributed by atoms with Gasteiger partial charge in [-0.25, -0.2) is 0 Å². The molecule has 0 radical (unpaired) electrons. The van der Waals surface area contributed by atoms with Gasteiger partial charge in [0.2, 0.25) is 11.7 Å². The summed E-state index contributed by atoms with van der Waals surface area (Å²) in [5.41, 5.74) is 6.23. The number of ketones is 1. The lowest BCUT2D eigenvalue weighted by atomic mass is 10.1. The smallest absolute Gasteiger partial charge is 0.368 e. The molecule has 6 nitrogen and oxygen atoms in total. The third-order valence-corrected chi connectivity index (χ3v) is 3.15. The van der Waals surface area contributed by atoms with Crippen molar-refractivity contribution in [3.05, 3.63) is 65.7 Å². The maximum absolute atomic E-state index is 12.6. The summed E-state index contributed by atoms with van der Waals surface area (Å²) in [6, 6.07) is 11.3. The Morgan fingerprint density at radius 1 is 1.08 bits per heavy atom. The van der Waals surface area contributed by atoms with Gasteiger partial charge in [0.05, 0.1) is 11.9 Å². The number of carbonyl (C=O) groups excluding carboxylic acids is 1. The number of carbonyl (C=O) groups is 1. The van der Waals surface area contributed by atoms with E-state index in [2.05, 4.69) is 15.1 Å². The van der Waals surface area contributed by atoms with E-state index in [9.17, 15) is 18.0 Å². The summed E-state index contributed by atoms with van der Waals surface area (Å²) < 4.78 is 38.6. The van der Waals surface area contributed by atoms with Gasteiger partial charge < -0.3 is 5.73 Å². The molecule has 2 aromatic heterocycles. The number of rotatable bonds is 3. The summed E-state index contributed by atoms with van der Waals surface area (Å²) in [5, 5.41) is 3.31. The van der Waals surface area contributed by atoms with Gasteiger partial charge in [-0.15, -0.1) is 5.10 Å². The lowest BCUT2D eigenvalue weighted by molar-refractivity contribution is -0.144. The number of nitrogens with zero attached hydrogens (tertiary/aromatic N) is 4. The molecule has 0 aliphatic carbocycles. The summed E-state index contributed by atoms with van der Waals surface area (Å²) >= 11 is 0. The van der Waals surface area contributed by atoms with Gasteiger partial charge >= 0.3 is 6.18 Å². The summed E-state index contributed by atoms with van der Waals surface area (Å²) in [5.74, 6) is -2.07. The quantitative estimate of drug-likeness (QED) is 0.744. The molecule has 2 N–H and O–H groups in total. The van der Waals surface area contributed by atoms with Gasteiger partial charge in [-0.3, -0.25) is 9.78 Å². The topological polar surface area (TPSA) is 86.7 Å². The van der Waals surface area contributed by atoms with Gasteiger partial charge in [-0.2, -0.15) is 22.8 Å². The van der Waals surface area contributed by atoms with Crippen LogP contribution in [-0.2, 0) is 6.18 Å². The molecule has 3 aromatic rings. The van der Waals surface area contributed by atoms with Gasteiger partial charge in [0.25, 0.3) is 5.82 Å². The second kappa shape index (κ2) is 5.76. The predicted octanol–water partition coefficient (Wildman–Crippen LogP) is 2.49. The molecule has 0 atom stereocenters. The first kappa shape index (κ1) is 15.7. The SMILES string of the molecule is Nc1nc(C(F)(F)F)nn1-c1ccc(C(=O)c2ccccc2)nc1. The molecule has 2 heterocycles. The minimum atomic E-state index is -4.70. The molecular formula is C15H10F3N5O. The maximum atomic E-state index is 12.6. The van der Waals surface area contributed by atoms with Gasteiger partial charge in [-0.1, -0.05) is 30.3 Å². The molecule has 9 heteroatoms. The van der Waals surface area contributed by atoms with Crippen molar-refractivity contribution in [2.24, 2.45) is 0 Å². The van der Waals surface area contributed by atoms with Crippen LogP contribution >= 0.6 is 0 Å². The van der Waals surface area contributed by atoms with E-state index in [4.69, 9.17) is 5.73 Å². The first-order chi connectivity index (χ1) is 11.4. The summed E-state index contributed by atoms with van der Waals surface area (Å²) in [6.45, 7) is 0. The summed E-state index contributed by atoms with van der Waals surface area (Å²) in [6.07, 6.45) is -3.49. The standard InChI is InChI=1S/C15H10F3N5O/c16-15(17,18)13-21-14(19)23(22-13)10-6-7-11(20-8-10)12(24)9-4-2-1-3-5-9/h1-8H,(H2,19,21,22). The molecule has 0 spiro atoms. The number of hydrogen-bond acceptors (Lipinski definition) is 5. The number of pyridine rings is 1. The van der Waals surface area contributed by atoms with E-state index in [0.717, 1.165) is 4.68 Å². The van der Waals surface area contributed by atoms with Crippen LogP contribution in [-0.4, -0.2) is 25.5 Å². The van der Waals surface area contributed by atoms with E-state index in [1.165, 1.54) is 18.3 Å². The molecule has 1 aromatic carbocycles. The van der Waals surface area contributed by atoms with Crippen molar-refractivity contribution >= 4 is 11.7 Å². The Labute approximate surface area is 133 Å². The highest BCUT2D eigenvalue weighted by Gasteiger charge is 2.37. The van der Waals surface area contributed by atoms with Crippen LogP contribution in [0.25, 0.3) is 5.69 Å². The zero-order valence-corrected chi connectivity index (χ0v) is 12.0. The summed E-state index contributed by atoms with van der Waals surface area (Å²) in [7, 11) is 0. The van der Waals surface area contributed by atoms with Crippen molar-refractivity contribution in [3.63, 3.8) is 0 Å². The molecule has 0 fully saturated rings. The number of halogens is 3. The number of alkyl halides is 3. The van der Waals surface area contributed by atoms with E-state index in [1.807, 2.05) is 0 Å². The van der Waals surface area contributed by atoms with E-state index in [0.29, 0.717) is 5.56 Å². The lowest BCUT2D eigenvalue weighted by Gasteiger charge is -2.04. The largest absolute Gasteiger partial charge is 0.453 e. The molecule has 0 saturated carbocycles. The Morgan fingerprint density at radius 2 is 1.79 bits per heavy atom. The second-order valence-corrected chi connectivity index (χ2v) is 4.80. The van der Waals surface area contributed by atoms with Crippen molar-refractivity contribution in [1.82, 2.24) is 19.7 Å². The normalized spacial score (nSPS) is 11.5. The first-order valence-corrected chi connectivity index (χ1v) is 6.72. The molecule has 3 rings (SSSR count). The molecule has 0 aliphatic heterocycles. The number of aromatic nitrogens is 4. The third-order valence-electron chi connectivity index (χ3n) is 3.15. The van der Waals surface area contributed by atoms with Crippen LogP contribution in [0.5, 0.6) is 0 Å². The minimum absolute atomic E-state index is 0.152. The Balaban J connectivity index is 1.90. The zero-order valence-electron chi connectivity index (χ0n) is 12.0. The van der Waals surface area contributed by atoms with Gasteiger partial charge in [0.15, 0.2) is 0 Å². The lowest BCUT2D eigenvalue weighted by Crippen LogP contribution is -2.09. The third kappa shape index (κ3) is 2.96. The van der Waals surface area contributed by atoms with Crippen molar-refractivity contribution in [2.75, 3.05) is 5.73 Å². The first-order valence-electron chi connectivity index (χ1n) is 6.72. The number of nitrogen functional groups attached to an aromatic ring is 1. The minimum Gasteiger partial charge on any atom is -0.368 e. The molecule has 0 unspecified atom stereocenters. The van der Waals surface area contributed by atoms with E-state index < -0.39 is 17.9 Å². The average Bonchev–Trinajstić information content (AvgIpc) is 2.97. The number of nitrogens with two attached hydrogens (primary N) is 1. The number of benzene rings is 1. The highest BCUT2D eigenvalue weighted by molar-refractivity contribution is 6.07. The fourth-order valence-corrected chi connectivity index (χ4v) is 2.02. The number of hydrogen-bond donors (Lipinski definition) is 1. The van der Waals surface area contributed by atoms with Crippen molar-refractivity contribution in [1.29, 1.82) is 0 Å². The Hall–Kier alpha value is -3.23. The monoisotopic (exact) mass is 333 g/mol. The van der Waals surface area contributed by atoms with Crippen LogP contribution in [0.2, 0.25) is 0 Å². The molecule has 0 saturated heterocycles. The Bertz CT molecular complexity index is 872. The van der Waals surface area contributed by atoms with E-state index in [-0.39, 0.29) is 17.2 Å². The molecule has 24 heavy (non-hydrogen) atoms. The molecule has 0 aliphatic rings. The zero-order chi connectivity index (χ0) is 17.3. The molecule has 122 valence electrons. The van der Waals surface area contributed by atoms with Crippen molar-refractivity contribution < 1.29 is 18.0 Å².